The molecule has 0 fully saturated rings. The van der Waals surface area contributed by atoms with Gasteiger partial charge in [-0.15, -0.1) is 11.3 Å². The number of hydrogen-bond donors (Lipinski definition) is 3. The fourth-order valence-electron chi connectivity index (χ4n) is 2.59. The third kappa shape index (κ3) is 6.05. The summed E-state index contributed by atoms with van der Waals surface area (Å²) in [6.07, 6.45) is -4.44. The predicted molar refractivity (Wildman–Crippen MR) is 110 cm³/mol. The number of amides is 2. The van der Waals surface area contributed by atoms with Crippen LogP contribution in [0.5, 0.6) is 0 Å². The predicted octanol–water partition coefficient (Wildman–Crippen LogP) is 5.05. The van der Waals surface area contributed by atoms with Gasteiger partial charge >= 0.3 is 6.18 Å². The molecule has 2 amide bonds. The fourth-order valence-corrected chi connectivity index (χ4v) is 3.32. The van der Waals surface area contributed by atoms with Crippen LogP contribution >= 0.6 is 11.3 Å². The van der Waals surface area contributed by atoms with E-state index in [0.717, 1.165) is 12.1 Å². The minimum atomic E-state index is -4.43. The molecule has 0 bridgehead atoms. The number of benzene rings is 2. The molecule has 3 aromatic rings. The second-order valence-electron chi connectivity index (χ2n) is 6.33. The summed E-state index contributed by atoms with van der Waals surface area (Å²) in [4.78, 5) is 27.6. The van der Waals surface area contributed by atoms with Crippen molar-refractivity contribution in [2.75, 3.05) is 16.0 Å². The van der Waals surface area contributed by atoms with E-state index in [9.17, 15) is 22.8 Å². The number of nitrogens with one attached hydrogen (secondary N) is 3. The Balaban J connectivity index is 1.60. The minimum absolute atomic E-state index is 0.00879. The maximum atomic E-state index is 12.8. The molecule has 0 saturated carbocycles. The lowest BCUT2D eigenvalue weighted by molar-refractivity contribution is -0.137. The molecule has 1 heterocycles. The number of thiazole rings is 1. The van der Waals surface area contributed by atoms with Gasteiger partial charge in [0.1, 0.15) is 0 Å². The summed E-state index contributed by atoms with van der Waals surface area (Å²) in [5, 5.41) is 10.2. The lowest BCUT2D eigenvalue weighted by atomic mass is 10.2. The van der Waals surface area contributed by atoms with Crippen LogP contribution in [-0.2, 0) is 22.2 Å². The van der Waals surface area contributed by atoms with Gasteiger partial charge in [-0.05, 0) is 36.4 Å². The van der Waals surface area contributed by atoms with E-state index >= 15 is 0 Å². The largest absolute Gasteiger partial charge is 0.416 e. The average Bonchev–Trinajstić information content (AvgIpc) is 3.07. The molecule has 0 atom stereocenters. The fraction of sp³-hybridized carbons (Fsp3) is 0.150. The average molecular weight is 434 g/mol. The van der Waals surface area contributed by atoms with Crippen molar-refractivity contribution in [2.24, 2.45) is 0 Å². The van der Waals surface area contributed by atoms with E-state index < -0.39 is 11.7 Å². The number of alkyl halides is 3. The summed E-state index contributed by atoms with van der Waals surface area (Å²) in [5.41, 5.74) is 1.05. The Hall–Kier alpha value is -3.40. The first-order chi connectivity index (χ1) is 14.2. The highest BCUT2D eigenvalue weighted by Crippen LogP contribution is 2.31. The van der Waals surface area contributed by atoms with Crippen molar-refractivity contribution < 1.29 is 22.8 Å². The van der Waals surface area contributed by atoms with Crippen LogP contribution in [-0.4, -0.2) is 16.8 Å². The lowest BCUT2D eigenvalue weighted by Gasteiger charge is -2.09. The maximum Gasteiger partial charge on any atom is 0.416 e. The standard InChI is InChI=1S/C20H17F3N4O2S/c1-12(28)24-15-6-3-7-16(9-15)25-18(29)10-17-11-30-19(27-17)26-14-5-2-4-13(8-14)20(21,22)23/h2-9,11H,10H2,1H3,(H,24,28)(H,25,29)(H,26,27). The molecule has 0 aliphatic carbocycles. The molecule has 0 radical (unpaired) electrons. The van der Waals surface area contributed by atoms with E-state index in [1.54, 1.807) is 29.6 Å². The molecule has 2 aromatic carbocycles. The highest BCUT2D eigenvalue weighted by molar-refractivity contribution is 7.13. The number of aromatic nitrogens is 1. The van der Waals surface area contributed by atoms with Gasteiger partial charge in [0.15, 0.2) is 5.13 Å². The first-order valence-corrected chi connectivity index (χ1v) is 9.63. The third-order valence-electron chi connectivity index (χ3n) is 3.80. The van der Waals surface area contributed by atoms with Crippen molar-refractivity contribution in [1.29, 1.82) is 0 Å². The normalized spacial score (nSPS) is 11.1. The Morgan fingerprint density at radius 3 is 2.37 bits per heavy atom. The van der Waals surface area contributed by atoms with Crippen molar-refractivity contribution in [2.45, 2.75) is 19.5 Å². The zero-order valence-electron chi connectivity index (χ0n) is 15.7. The SMILES string of the molecule is CC(=O)Nc1cccc(NC(=O)Cc2csc(Nc3cccc(C(F)(F)F)c3)n2)c1. The molecule has 3 N–H and O–H groups in total. The zero-order chi connectivity index (χ0) is 21.7. The Morgan fingerprint density at radius 1 is 1.00 bits per heavy atom. The van der Waals surface area contributed by atoms with E-state index in [2.05, 4.69) is 20.9 Å². The Labute approximate surface area is 174 Å². The zero-order valence-corrected chi connectivity index (χ0v) is 16.5. The van der Waals surface area contributed by atoms with Gasteiger partial charge in [0, 0.05) is 29.4 Å². The molecule has 6 nitrogen and oxygen atoms in total. The summed E-state index contributed by atoms with van der Waals surface area (Å²) in [6.45, 7) is 1.39. The molecule has 0 saturated heterocycles. The van der Waals surface area contributed by atoms with Gasteiger partial charge in [-0.1, -0.05) is 12.1 Å². The number of hydrogen-bond acceptors (Lipinski definition) is 5. The van der Waals surface area contributed by atoms with E-state index in [1.165, 1.54) is 30.4 Å². The molecule has 0 aliphatic rings. The molecule has 0 unspecified atom stereocenters. The summed E-state index contributed by atoms with van der Waals surface area (Å²) >= 11 is 1.18. The Morgan fingerprint density at radius 2 is 1.67 bits per heavy atom. The minimum Gasteiger partial charge on any atom is -0.332 e. The second-order valence-corrected chi connectivity index (χ2v) is 7.19. The molecular weight excluding hydrogens is 417 g/mol. The van der Waals surface area contributed by atoms with Crippen molar-refractivity contribution >= 4 is 45.3 Å². The number of carbonyl (C=O) groups excluding carboxylic acids is 2. The molecule has 30 heavy (non-hydrogen) atoms. The lowest BCUT2D eigenvalue weighted by Crippen LogP contribution is -2.15. The summed E-state index contributed by atoms with van der Waals surface area (Å²) < 4.78 is 38.4. The van der Waals surface area contributed by atoms with Crippen LogP contribution in [0.3, 0.4) is 0 Å². The van der Waals surface area contributed by atoms with Gasteiger partial charge in [-0.25, -0.2) is 4.98 Å². The maximum absolute atomic E-state index is 12.8. The van der Waals surface area contributed by atoms with Crippen LogP contribution in [0.15, 0.2) is 53.9 Å². The Kier molecular flexibility index (Phi) is 6.36. The quantitative estimate of drug-likeness (QED) is 0.507. The highest BCUT2D eigenvalue weighted by Gasteiger charge is 2.30. The van der Waals surface area contributed by atoms with E-state index in [1.807, 2.05) is 0 Å². The molecule has 3 rings (SSSR count). The summed E-state index contributed by atoms with van der Waals surface area (Å²) in [5.74, 6) is -0.535. The van der Waals surface area contributed by atoms with Gasteiger partial charge in [-0.2, -0.15) is 13.2 Å². The first-order valence-electron chi connectivity index (χ1n) is 8.75. The molecule has 156 valence electrons. The second kappa shape index (κ2) is 8.95. The van der Waals surface area contributed by atoms with Crippen LogP contribution in [0.1, 0.15) is 18.2 Å². The van der Waals surface area contributed by atoms with E-state index in [-0.39, 0.29) is 23.9 Å². The van der Waals surface area contributed by atoms with Gasteiger partial charge < -0.3 is 16.0 Å². The van der Waals surface area contributed by atoms with E-state index in [0.29, 0.717) is 22.2 Å². The summed E-state index contributed by atoms with van der Waals surface area (Å²) in [7, 11) is 0. The number of carbonyl (C=O) groups is 2. The van der Waals surface area contributed by atoms with Crippen molar-refractivity contribution in [3.8, 4) is 0 Å². The van der Waals surface area contributed by atoms with Crippen LogP contribution in [0.2, 0.25) is 0 Å². The Bertz CT molecular complexity index is 1070. The van der Waals surface area contributed by atoms with Gasteiger partial charge in [0.2, 0.25) is 11.8 Å². The topological polar surface area (TPSA) is 83.1 Å². The number of rotatable bonds is 6. The third-order valence-corrected chi connectivity index (χ3v) is 4.61. The van der Waals surface area contributed by atoms with Crippen molar-refractivity contribution in [1.82, 2.24) is 4.98 Å². The summed E-state index contributed by atoms with van der Waals surface area (Å²) in [6, 6.07) is 11.5. The molecule has 0 aliphatic heterocycles. The van der Waals surface area contributed by atoms with Crippen LogP contribution in [0, 0.1) is 0 Å². The van der Waals surface area contributed by atoms with Crippen molar-refractivity contribution in [3.63, 3.8) is 0 Å². The molecular formula is C20H17F3N4O2S. The van der Waals surface area contributed by atoms with Gasteiger partial charge in [0.05, 0.1) is 17.7 Å². The molecule has 10 heteroatoms. The smallest absolute Gasteiger partial charge is 0.332 e. The highest BCUT2D eigenvalue weighted by atomic mass is 32.1. The van der Waals surface area contributed by atoms with Crippen LogP contribution in [0.4, 0.5) is 35.4 Å². The van der Waals surface area contributed by atoms with Gasteiger partial charge in [-0.3, -0.25) is 9.59 Å². The van der Waals surface area contributed by atoms with Gasteiger partial charge in [0.25, 0.3) is 0 Å². The molecule has 0 spiro atoms. The first kappa shape index (κ1) is 21.3. The monoisotopic (exact) mass is 434 g/mol. The number of halogens is 3. The number of anilines is 4. The van der Waals surface area contributed by atoms with Crippen LogP contribution in [0.25, 0.3) is 0 Å². The van der Waals surface area contributed by atoms with Crippen LogP contribution < -0.4 is 16.0 Å². The van der Waals surface area contributed by atoms with E-state index in [4.69, 9.17) is 0 Å². The number of nitrogens with zero attached hydrogens (tertiary/aromatic N) is 1. The van der Waals surface area contributed by atoms with Crippen molar-refractivity contribution in [3.05, 3.63) is 65.2 Å². The molecule has 1 aromatic heterocycles.